The van der Waals surface area contributed by atoms with Crippen molar-refractivity contribution >= 4 is 0 Å². The largest absolute Gasteiger partial charge is 0.394 e. The fourth-order valence-corrected chi connectivity index (χ4v) is 1.97. The highest BCUT2D eigenvalue weighted by atomic mass is 16.7. The third kappa shape index (κ3) is 4.74. The van der Waals surface area contributed by atoms with Gasteiger partial charge in [-0.3, -0.25) is 0 Å². The average Bonchev–Trinajstić information content (AvgIpc) is 2.56. The number of ether oxygens (including phenoxy) is 2. The van der Waals surface area contributed by atoms with E-state index in [2.05, 4.69) is 0 Å². The molecule has 6 nitrogen and oxygen atoms in total. The first-order chi connectivity index (χ1) is 10.1. The van der Waals surface area contributed by atoms with Crippen LogP contribution in [0.25, 0.3) is 0 Å². The maximum atomic E-state index is 9.83. The van der Waals surface area contributed by atoms with E-state index in [1.807, 2.05) is 32.0 Å². The van der Waals surface area contributed by atoms with Gasteiger partial charge in [-0.05, 0) is 0 Å². The molecule has 0 amide bonds. The van der Waals surface area contributed by atoms with E-state index >= 15 is 0 Å². The van der Waals surface area contributed by atoms with Crippen LogP contribution in [0.1, 0.15) is 25.7 Å². The van der Waals surface area contributed by atoms with Gasteiger partial charge in [0.15, 0.2) is 6.29 Å². The summed E-state index contributed by atoms with van der Waals surface area (Å²) in [6, 6.07) is 9.09. The molecule has 6 heteroatoms. The van der Waals surface area contributed by atoms with Crippen LogP contribution in [0.15, 0.2) is 30.3 Å². The van der Waals surface area contributed by atoms with Gasteiger partial charge in [-0.1, -0.05) is 44.2 Å². The molecule has 5 atom stereocenters. The summed E-state index contributed by atoms with van der Waals surface area (Å²) >= 11 is 0. The fraction of sp³-hybridized carbons (Fsp3) is 0.600. The number of benzene rings is 1. The van der Waals surface area contributed by atoms with Crippen LogP contribution in [0.5, 0.6) is 0 Å². The summed E-state index contributed by atoms with van der Waals surface area (Å²) in [6.07, 6.45) is -5.53. The van der Waals surface area contributed by atoms with Gasteiger partial charge in [0, 0.05) is 5.56 Å². The second-order valence-corrected chi connectivity index (χ2v) is 4.48. The second-order valence-electron chi connectivity index (χ2n) is 4.48. The maximum absolute atomic E-state index is 9.83. The summed E-state index contributed by atoms with van der Waals surface area (Å²) in [5, 5.41) is 37.8. The van der Waals surface area contributed by atoms with E-state index in [1.165, 1.54) is 0 Å². The highest BCUT2D eigenvalue weighted by molar-refractivity contribution is 5.16. The van der Waals surface area contributed by atoms with Gasteiger partial charge < -0.3 is 29.9 Å². The Labute approximate surface area is 124 Å². The minimum atomic E-state index is -1.38. The monoisotopic (exact) mass is 300 g/mol. The number of aliphatic hydroxyl groups is 4. The second kappa shape index (κ2) is 9.09. The van der Waals surface area contributed by atoms with Crippen LogP contribution in [-0.2, 0) is 9.47 Å². The Kier molecular flexibility index (Phi) is 7.81. The summed E-state index contributed by atoms with van der Waals surface area (Å²) in [6.45, 7) is 3.38. The zero-order chi connectivity index (χ0) is 15.8. The third-order valence-corrected chi connectivity index (χ3v) is 3.07. The van der Waals surface area contributed by atoms with Gasteiger partial charge in [-0.25, -0.2) is 0 Å². The molecule has 0 radical (unpaired) electrons. The van der Waals surface area contributed by atoms with Gasteiger partial charge in [0.2, 0.25) is 0 Å². The first-order valence-electron chi connectivity index (χ1n) is 7.10. The number of hydrogen-bond donors (Lipinski definition) is 4. The van der Waals surface area contributed by atoms with E-state index in [-0.39, 0.29) is 6.61 Å². The predicted molar refractivity (Wildman–Crippen MR) is 76.5 cm³/mol. The van der Waals surface area contributed by atoms with Crippen molar-refractivity contribution in [2.24, 2.45) is 0 Å². The van der Waals surface area contributed by atoms with E-state index < -0.39 is 37.3 Å². The van der Waals surface area contributed by atoms with Gasteiger partial charge in [-0.2, -0.15) is 0 Å². The zero-order valence-electron chi connectivity index (χ0n) is 12.3. The topological polar surface area (TPSA) is 99.4 Å². The summed E-state index contributed by atoms with van der Waals surface area (Å²) in [5.41, 5.74) is 0.755. The lowest BCUT2D eigenvalue weighted by Crippen LogP contribution is -2.52. The molecule has 21 heavy (non-hydrogen) atoms. The first-order valence-corrected chi connectivity index (χ1v) is 7.10. The van der Waals surface area contributed by atoms with Crippen LogP contribution in [0.2, 0.25) is 0 Å². The van der Waals surface area contributed by atoms with Gasteiger partial charge in [0.25, 0.3) is 0 Å². The van der Waals surface area contributed by atoms with Crippen LogP contribution < -0.4 is 0 Å². The fourth-order valence-electron chi connectivity index (χ4n) is 1.97. The Morgan fingerprint density at radius 1 is 1.19 bits per heavy atom. The Morgan fingerprint density at radius 3 is 2.38 bits per heavy atom. The molecule has 1 heterocycles. The molecule has 1 aliphatic rings. The van der Waals surface area contributed by atoms with Crippen molar-refractivity contribution in [3.8, 4) is 0 Å². The van der Waals surface area contributed by atoms with E-state index in [4.69, 9.17) is 14.6 Å². The van der Waals surface area contributed by atoms with E-state index in [1.54, 1.807) is 12.1 Å². The molecule has 1 aliphatic heterocycles. The summed E-state index contributed by atoms with van der Waals surface area (Å²) in [7, 11) is 0. The highest BCUT2D eigenvalue weighted by Gasteiger charge is 2.39. The van der Waals surface area contributed by atoms with Crippen molar-refractivity contribution in [2.45, 2.75) is 44.6 Å². The van der Waals surface area contributed by atoms with E-state index in [0.29, 0.717) is 0 Å². The van der Waals surface area contributed by atoms with Gasteiger partial charge >= 0.3 is 0 Å². The lowest BCUT2D eigenvalue weighted by atomic mass is 10.0. The molecular weight excluding hydrogens is 276 g/mol. The maximum Gasteiger partial charge on any atom is 0.184 e. The SMILES string of the molecule is CC.OCC(O)C(O)C1OC(c2ccccc2)OCC1O. The first kappa shape index (κ1) is 18.0. The molecule has 0 aromatic heterocycles. The molecule has 2 rings (SSSR count). The van der Waals surface area contributed by atoms with Crippen molar-refractivity contribution in [3.63, 3.8) is 0 Å². The molecule has 5 unspecified atom stereocenters. The standard InChI is InChI=1S/C13H18O6.C2H6/c14-6-9(15)11(17)12-10(16)7-18-13(19-12)8-4-2-1-3-5-8;1-2/h1-5,9-17H,6-7H2;1-2H3. The molecule has 1 aromatic rings. The lowest BCUT2D eigenvalue weighted by Gasteiger charge is -2.37. The molecule has 1 aromatic carbocycles. The van der Waals surface area contributed by atoms with Crippen molar-refractivity contribution < 1.29 is 29.9 Å². The van der Waals surface area contributed by atoms with Crippen molar-refractivity contribution in [1.29, 1.82) is 0 Å². The van der Waals surface area contributed by atoms with Crippen LogP contribution in [-0.4, -0.2) is 58.1 Å². The highest BCUT2D eigenvalue weighted by Crippen LogP contribution is 2.28. The smallest absolute Gasteiger partial charge is 0.184 e. The average molecular weight is 300 g/mol. The van der Waals surface area contributed by atoms with Crippen molar-refractivity contribution in [1.82, 2.24) is 0 Å². The molecule has 0 aliphatic carbocycles. The Morgan fingerprint density at radius 2 is 1.81 bits per heavy atom. The minimum Gasteiger partial charge on any atom is -0.394 e. The molecular formula is C15H24O6. The van der Waals surface area contributed by atoms with Gasteiger partial charge in [0.05, 0.1) is 13.2 Å². The minimum absolute atomic E-state index is 0.0144. The molecule has 4 N–H and O–H groups in total. The van der Waals surface area contributed by atoms with Crippen molar-refractivity contribution in [3.05, 3.63) is 35.9 Å². The van der Waals surface area contributed by atoms with E-state index in [9.17, 15) is 15.3 Å². The Bertz CT molecular complexity index is 385. The summed E-state index contributed by atoms with van der Waals surface area (Å²) in [4.78, 5) is 0. The van der Waals surface area contributed by atoms with Crippen LogP contribution in [0.4, 0.5) is 0 Å². The Balaban J connectivity index is 0.00000106. The Hall–Kier alpha value is -1.02. The third-order valence-electron chi connectivity index (χ3n) is 3.07. The summed E-state index contributed by atoms with van der Waals surface area (Å²) < 4.78 is 10.8. The van der Waals surface area contributed by atoms with E-state index in [0.717, 1.165) is 5.56 Å². The predicted octanol–water partition coefficient (Wildman–Crippen LogP) is 0.202. The van der Waals surface area contributed by atoms with Crippen LogP contribution >= 0.6 is 0 Å². The number of aliphatic hydroxyl groups excluding tert-OH is 4. The molecule has 0 bridgehead atoms. The molecule has 120 valence electrons. The molecule has 1 saturated heterocycles. The van der Waals surface area contributed by atoms with Crippen LogP contribution in [0, 0.1) is 0 Å². The zero-order valence-corrected chi connectivity index (χ0v) is 12.3. The number of rotatable bonds is 4. The van der Waals surface area contributed by atoms with Crippen molar-refractivity contribution in [2.75, 3.05) is 13.2 Å². The lowest BCUT2D eigenvalue weighted by molar-refractivity contribution is -0.284. The summed E-state index contributed by atoms with van der Waals surface area (Å²) in [5.74, 6) is 0. The van der Waals surface area contributed by atoms with Gasteiger partial charge in [0.1, 0.15) is 24.4 Å². The molecule has 1 fully saturated rings. The van der Waals surface area contributed by atoms with Crippen LogP contribution in [0.3, 0.4) is 0 Å². The molecule has 0 spiro atoms. The quantitative estimate of drug-likeness (QED) is 0.634. The number of hydrogen-bond acceptors (Lipinski definition) is 6. The molecule has 0 saturated carbocycles. The van der Waals surface area contributed by atoms with Gasteiger partial charge in [-0.15, -0.1) is 0 Å². The normalized spacial score (nSPS) is 28.2.